The first-order valence-corrected chi connectivity index (χ1v) is 6.21. The monoisotopic (exact) mass is 266 g/mol. The Morgan fingerprint density at radius 1 is 1.38 bits per heavy atom. The molecule has 1 rings (SSSR count). The molecule has 3 N–H and O–H groups in total. The van der Waals surface area contributed by atoms with E-state index >= 15 is 0 Å². The van der Waals surface area contributed by atoms with Crippen molar-refractivity contribution in [2.75, 3.05) is 13.2 Å². The molecule has 1 aromatic rings. The number of rotatable bonds is 5. The number of nitrogens with zero attached hydrogens (tertiary/aromatic N) is 1. The molecule has 0 saturated carbocycles. The van der Waals surface area contributed by atoms with E-state index in [1.165, 1.54) is 12.1 Å². The van der Waals surface area contributed by atoms with Crippen molar-refractivity contribution in [3.05, 3.63) is 23.5 Å². The van der Waals surface area contributed by atoms with Gasteiger partial charge in [0.2, 0.25) is 10.0 Å². The van der Waals surface area contributed by atoms with Crippen molar-refractivity contribution in [1.29, 1.82) is 0 Å². The molecule has 0 aliphatic carbocycles. The molecule has 0 radical (unpaired) electrons. The molecule has 1 heterocycles. The molecule has 0 atom stereocenters. The van der Waals surface area contributed by atoms with E-state index in [0.717, 1.165) is 6.20 Å². The second-order valence-corrected chi connectivity index (χ2v) is 5.10. The van der Waals surface area contributed by atoms with Gasteiger partial charge in [-0.1, -0.05) is 11.6 Å². The Morgan fingerprint density at radius 2 is 2.00 bits per heavy atom. The third-order valence-electron chi connectivity index (χ3n) is 1.77. The summed E-state index contributed by atoms with van der Waals surface area (Å²) in [7, 11) is -3.79. The van der Waals surface area contributed by atoms with E-state index in [2.05, 4.69) is 9.71 Å². The molecule has 0 saturated heterocycles. The molecule has 1 aromatic heterocycles. The smallest absolute Gasteiger partial charge is 0.242 e. The maximum absolute atomic E-state index is 11.7. The van der Waals surface area contributed by atoms with E-state index in [9.17, 15) is 8.42 Å². The highest BCUT2D eigenvalue weighted by Gasteiger charge is 2.19. The SMILES string of the molecule is O=S(=O)(NC(CO)CO)c1ccc(Cl)nc1. The minimum absolute atomic E-state index is 0.0798. The van der Waals surface area contributed by atoms with E-state index in [1.807, 2.05) is 0 Å². The third-order valence-corrected chi connectivity index (χ3v) is 3.50. The summed E-state index contributed by atoms with van der Waals surface area (Å²) in [5, 5.41) is 17.7. The molecule has 8 heteroatoms. The lowest BCUT2D eigenvalue weighted by Crippen LogP contribution is -2.40. The lowest BCUT2D eigenvalue weighted by molar-refractivity contribution is 0.185. The average Bonchev–Trinajstić information content (AvgIpc) is 2.26. The van der Waals surface area contributed by atoms with Crippen LogP contribution in [-0.2, 0) is 10.0 Å². The van der Waals surface area contributed by atoms with Gasteiger partial charge in [0.25, 0.3) is 0 Å². The fourth-order valence-corrected chi connectivity index (χ4v) is 2.22. The normalized spacial score (nSPS) is 12.0. The fourth-order valence-electron chi connectivity index (χ4n) is 0.941. The second kappa shape index (κ2) is 5.55. The Kier molecular flexibility index (Phi) is 4.63. The number of nitrogens with one attached hydrogen (secondary N) is 1. The van der Waals surface area contributed by atoms with Gasteiger partial charge in [-0.15, -0.1) is 0 Å². The number of aliphatic hydroxyl groups excluding tert-OH is 2. The van der Waals surface area contributed by atoms with Gasteiger partial charge >= 0.3 is 0 Å². The van der Waals surface area contributed by atoms with Crippen LogP contribution < -0.4 is 4.72 Å². The Labute approximate surface area is 97.9 Å². The van der Waals surface area contributed by atoms with Crippen LogP contribution in [0.4, 0.5) is 0 Å². The van der Waals surface area contributed by atoms with E-state index in [0.29, 0.717) is 0 Å². The van der Waals surface area contributed by atoms with Crippen molar-refractivity contribution in [2.24, 2.45) is 0 Å². The van der Waals surface area contributed by atoms with Crippen molar-refractivity contribution in [1.82, 2.24) is 9.71 Å². The van der Waals surface area contributed by atoms with E-state index < -0.39 is 29.3 Å². The van der Waals surface area contributed by atoms with Crippen molar-refractivity contribution in [3.8, 4) is 0 Å². The van der Waals surface area contributed by atoms with Crippen LogP contribution in [0.5, 0.6) is 0 Å². The molecule has 0 aliphatic heterocycles. The highest BCUT2D eigenvalue weighted by molar-refractivity contribution is 7.89. The van der Waals surface area contributed by atoms with Crippen LogP contribution in [0.25, 0.3) is 0 Å². The Bertz CT molecular complexity index is 430. The predicted octanol–water partition coefficient (Wildman–Crippen LogP) is -0.634. The molecule has 0 bridgehead atoms. The molecule has 0 spiro atoms. The van der Waals surface area contributed by atoms with E-state index in [-0.39, 0.29) is 10.0 Å². The lowest BCUT2D eigenvalue weighted by Gasteiger charge is -2.13. The Balaban J connectivity index is 2.89. The zero-order valence-electron chi connectivity index (χ0n) is 8.17. The molecule has 16 heavy (non-hydrogen) atoms. The number of sulfonamides is 1. The zero-order chi connectivity index (χ0) is 12.2. The van der Waals surface area contributed by atoms with Gasteiger partial charge in [-0.25, -0.2) is 18.1 Å². The van der Waals surface area contributed by atoms with Gasteiger partial charge in [0, 0.05) is 6.20 Å². The van der Waals surface area contributed by atoms with Crippen molar-refractivity contribution in [2.45, 2.75) is 10.9 Å². The van der Waals surface area contributed by atoms with Crippen LogP contribution in [0.2, 0.25) is 5.15 Å². The van der Waals surface area contributed by atoms with Crippen LogP contribution in [0, 0.1) is 0 Å². The predicted molar refractivity (Wildman–Crippen MR) is 57.5 cm³/mol. The number of hydrogen-bond acceptors (Lipinski definition) is 5. The number of halogens is 1. The second-order valence-electron chi connectivity index (χ2n) is 3.00. The van der Waals surface area contributed by atoms with E-state index in [4.69, 9.17) is 21.8 Å². The van der Waals surface area contributed by atoms with E-state index in [1.54, 1.807) is 0 Å². The third kappa shape index (κ3) is 3.39. The molecular weight excluding hydrogens is 256 g/mol. The summed E-state index contributed by atoms with van der Waals surface area (Å²) in [6.07, 6.45) is 1.09. The number of aliphatic hydroxyl groups is 2. The molecule has 0 unspecified atom stereocenters. The molecule has 0 amide bonds. The largest absolute Gasteiger partial charge is 0.395 e. The molecule has 6 nitrogen and oxygen atoms in total. The molecule has 0 fully saturated rings. The quantitative estimate of drug-likeness (QED) is 0.616. The minimum Gasteiger partial charge on any atom is -0.395 e. The first-order chi connectivity index (χ1) is 7.49. The van der Waals surface area contributed by atoms with Crippen LogP contribution in [0.3, 0.4) is 0 Å². The maximum atomic E-state index is 11.7. The summed E-state index contributed by atoms with van der Waals surface area (Å²) in [5.41, 5.74) is 0. The van der Waals surface area contributed by atoms with Crippen LogP contribution in [0.15, 0.2) is 23.2 Å². The summed E-state index contributed by atoms with van der Waals surface area (Å²) >= 11 is 5.52. The maximum Gasteiger partial charge on any atom is 0.242 e. The first-order valence-electron chi connectivity index (χ1n) is 4.35. The Hall–Kier alpha value is -0.730. The van der Waals surface area contributed by atoms with Gasteiger partial charge < -0.3 is 10.2 Å². The van der Waals surface area contributed by atoms with Crippen LogP contribution >= 0.6 is 11.6 Å². The standard InChI is InChI=1S/C8H11ClN2O4S/c9-8-2-1-7(3-10-8)16(14,15)11-6(4-12)5-13/h1-3,6,11-13H,4-5H2. The average molecular weight is 267 g/mol. The number of hydrogen-bond donors (Lipinski definition) is 3. The van der Waals surface area contributed by atoms with Crippen molar-refractivity contribution >= 4 is 21.6 Å². The number of aromatic nitrogens is 1. The molecule has 90 valence electrons. The molecular formula is C8H11ClN2O4S. The van der Waals surface area contributed by atoms with Gasteiger partial charge in [-0.2, -0.15) is 0 Å². The highest BCUT2D eigenvalue weighted by atomic mass is 35.5. The van der Waals surface area contributed by atoms with Crippen molar-refractivity contribution < 1.29 is 18.6 Å². The van der Waals surface area contributed by atoms with Crippen molar-refractivity contribution in [3.63, 3.8) is 0 Å². The summed E-state index contributed by atoms with van der Waals surface area (Å²) in [6, 6.07) is 1.69. The summed E-state index contributed by atoms with van der Waals surface area (Å²) < 4.78 is 25.4. The van der Waals surface area contributed by atoms with Gasteiger partial charge in [0.1, 0.15) is 10.0 Å². The lowest BCUT2D eigenvalue weighted by atomic mass is 10.4. The number of pyridine rings is 1. The summed E-state index contributed by atoms with van der Waals surface area (Å²) in [6.45, 7) is -0.979. The van der Waals surface area contributed by atoms with Gasteiger partial charge in [0.05, 0.1) is 19.3 Å². The first kappa shape index (κ1) is 13.3. The highest BCUT2D eigenvalue weighted by Crippen LogP contribution is 2.10. The summed E-state index contributed by atoms with van der Waals surface area (Å²) in [4.78, 5) is 3.55. The molecule has 0 aliphatic rings. The topological polar surface area (TPSA) is 99.5 Å². The van der Waals surface area contributed by atoms with Crippen LogP contribution in [-0.4, -0.2) is 42.9 Å². The molecule has 0 aromatic carbocycles. The Morgan fingerprint density at radius 3 is 2.44 bits per heavy atom. The zero-order valence-corrected chi connectivity index (χ0v) is 9.74. The van der Waals surface area contributed by atoms with Crippen LogP contribution in [0.1, 0.15) is 0 Å². The minimum atomic E-state index is -3.79. The van der Waals surface area contributed by atoms with Gasteiger partial charge in [0.15, 0.2) is 0 Å². The summed E-state index contributed by atoms with van der Waals surface area (Å²) in [5.74, 6) is 0. The van der Waals surface area contributed by atoms with Gasteiger partial charge in [-0.05, 0) is 12.1 Å². The van der Waals surface area contributed by atoms with Gasteiger partial charge in [-0.3, -0.25) is 0 Å². The fraction of sp³-hybridized carbons (Fsp3) is 0.375.